The van der Waals surface area contributed by atoms with E-state index in [-0.39, 0.29) is 12.0 Å². The normalized spacial score (nSPS) is 16.9. The number of hydrogen-bond acceptors (Lipinski definition) is 5. The molecule has 0 radical (unpaired) electrons. The summed E-state index contributed by atoms with van der Waals surface area (Å²) in [6, 6.07) is 13.9. The number of morpholine rings is 1. The van der Waals surface area contributed by atoms with E-state index >= 15 is 0 Å². The number of nitrogens with one attached hydrogen (secondary N) is 1. The fourth-order valence-corrected chi connectivity index (χ4v) is 3.78. The molecule has 1 aliphatic heterocycles. The molecule has 0 bridgehead atoms. The third-order valence-corrected chi connectivity index (χ3v) is 5.22. The molecule has 166 valence electrons. The van der Waals surface area contributed by atoms with Crippen molar-refractivity contribution in [3.05, 3.63) is 64.7 Å². The number of methoxy groups -OCH3 is 1. The lowest BCUT2D eigenvalue weighted by Crippen LogP contribution is -2.46. The molecule has 2 aromatic carbocycles. The van der Waals surface area contributed by atoms with Crippen LogP contribution >= 0.6 is 11.6 Å². The summed E-state index contributed by atoms with van der Waals surface area (Å²) < 4.78 is 16.7. The first-order chi connectivity index (χ1) is 15.1. The fourth-order valence-electron chi connectivity index (χ4n) is 3.48. The summed E-state index contributed by atoms with van der Waals surface area (Å²) >= 11 is 6.26. The molecule has 1 atom stereocenters. The number of ether oxygens (including phenoxy) is 3. The molecule has 1 N–H and O–H groups in total. The average Bonchev–Trinajstić information content (AvgIpc) is 2.77. The van der Waals surface area contributed by atoms with E-state index in [1.165, 1.54) is 11.6 Å². The van der Waals surface area contributed by atoms with Gasteiger partial charge in [0, 0.05) is 32.3 Å². The Morgan fingerprint density at radius 2 is 2.13 bits per heavy atom. The van der Waals surface area contributed by atoms with Crippen LogP contribution in [-0.4, -0.2) is 56.9 Å². The predicted molar refractivity (Wildman–Crippen MR) is 123 cm³/mol. The van der Waals surface area contributed by atoms with E-state index in [0.29, 0.717) is 36.3 Å². The number of carbonyl (C=O) groups is 1. The van der Waals surface area contributed by atoms with Gasteiger partial charge in [-0.2, -0.15) is 0 Å². The highest BCUT2D eigenvalue weighted by Gasteiger charge is 2.20. The van der Waals surface area contributed by atoms with Crippen LogP contribution in [0.3, 0.4) is 0 Å². The Labute approximate surface area is 188 Å². The van der Waals surface area contributed by atoms with Gasteiger partial charge in [-0.05, 0) is 36.3 Å². The number of benzene rings is 2. The van der Waals surface area contributed by atoms with Crippen LogP contribution in [0, 0.1) is 0 Å². The SMILES string of the molecule is CCOc1cc(/C=C/C(=O)NCC2CN(Cc3ccccc3)CCO2)cc(Cl)c1OC. The van der Waals surface area contributed by atoms with Gasteiger partial charge in [-0.25, -0.2) is 0 Å². The summed E-state index contributed by atoms with van der Waals surface area (Å²) in [7, 11) is 1.54. The Hall–Kier alpha value is -2.54. The van der Waals surface area contributed by atoms with Crippen molar-refractivity contribution in [1.29, 1.82) is 0 Å². The molecule has 2 aromatic rings. The second-order valence-electron chi connectivity index (χ2n) is 7.26. The maximum atomic E-state index is 12.3. The molecule has 1 unspecified atom stereocenters. The Morgan fingerprint density at radius 3 is 2.87 bits per heavy atom. The largest absolute Gasteiger partial charge is 0.491 e. The van der Waals surface area contributed by atoms with E-state index in [9.17, 15) is 4.79 Å². The van der Waals surface area contributed by atoms with E-state index in [2.05, 4.69) is 22.3 Å². The van der Waals surface area contributed by atoms with Crippen molar-refractivity contribution in [3.63, 3.8) is 0 Å². The predicted octanol–water partition coefficient (Wildman–Crippen LogP) is 3.78. The smallest absolute Gasteiger partial charge is 0.244 e. The summed E-state index contributed by atoms with van der Waals surface area (Å²) in [5.41, 5.74) is 2.03. The number of halogens is 1. The average molecular weight is 445 g/mol. The van der Waals surface area contributed by atoms with E-state index in [1.807, 2.05) is 25.1 Å². The number of amides is 1. The first kappa shape index (κ1) is 23.1. The molecule has 1 saturated heterocycles. The molecule has 1 fully saturated rings. The van der Waals surface area contributed by atoms with Crippen LogP contribution in [0.1, 0.15) is 18.1 Å². The zero-order chi connectivity index (χ0) is 22.1. The minimum Gasteiger partial charge on any atom is -0.491 e. The quantitative estimate of drug-likeness (QED) is 0.596. The van der Waals surface area contributed by atoms with Crippen LogP contribution in [0.25, 0.3) is 6.08 Å². The molecule has 0 saturated carbocycles. The maximum Gasteiger partial charge on any atom is 0.244 e. The highest BCUT2D eigenvalue weighted by atomic mass is 35.5. The first-order valence-electron chi connectivity index (χ1n) is 10.4. The van der Waals surface area contributed by atoms with Crippen LogP contribution in [0.2, 0.25) is 5.02 Å². The minimum absolute atomic E-state index is 0.0326. The first-order valence-corrected chi connectivity index (χ1v) is 10.8. The van der Waals surface area contributed by atoms with E-state index in [1.54, 1.807) is 25.3 Å². The number of nitrogens with zero attached hydrogens (tertiary/aromatic N) is 1. The molecule has 0 aromatic heterocycles. The van der Waals surface area contributed by atoms with Crippen LogP contribution in [-0.2, 0) is 16.1 Å². The van der Waals surface area contributed by atoms with Gasteiger partial charge in [0.1, 0.15) is 0 Å². The molecule has 31 heavy (non-hydrogen) atoms. The molecule has 7 heteroatoms. The minimum atomic E-state index is -0.186. The number of carbonyl (C=O) groups excluding carboxylic acids is 1. The number of rotatable bonds is 9. The van der Waals surface area contributed by atoms with Gasteiger partial charge in [0.05, 0.1) is 31.5 Å². The van der Waals surface area contributed by atoms with Gasteiger partial charge in [0.2, 0.25) is 5.91 Å². The third-order valence-electron chi connectivity index (χ3n) is 4.94. The monoisotopic (exact) mass is 444 g/mol. The van der Waals surface area contributed by atoms with Gasteiger partial charge < -0.3 is 19.5 Å². The molecule has 6 nitrogen and oxygen atoms in total. The van der Waals surface area contributed by atoms with Gasteiger partial charge >= 0.3 is 0 Å². The zero-order valence-electron chi connectivity index (χ0n) is 18.0. The Balaban J connectivity index is 1.51. The van der Waals surface area contributed by atoms with E-state index in [4.69, 9.17) is 25.8 Å². The molecule has 1 aliphatic rings. The zero-order valence-corrected chi connectivity index (χ0v) is 18.7. The van der Waals surface area contributed by atoms with Gasteiger partial charge in [-0.15, -0.1) is 0 Å². The Kier molecular flexibility index (Phi) is 8.76. The van der Waals surface area contributed by atoms with Crippen LogP contribution in [0.5, 0.6) is 11.5 Å². The van der Waals surface area contributed by atoms with Crippen molar-refractivity contribution in [2.75, 3.05) is 40.0 Å². The van der Waals surface area contributed by atoms with Gasteiger partial charge in [-0.1, -0.05) is 41.9 Å². The lowest BCUT2D eigenvalue weighted by molar-refractivity contribution is -0.117. The van der Waals surface area contributed by atoms with Crippen LogP contribution in [0.15, 0.2) is 48.5 Å². The van der Waals surface area contributed by atoms with Gasteiger partial charge in [0.15, 0.2) is 11.5 Å². The second kappa shape index (κ2) is 11.7. The maximum absolute atomic E-state index is 12.3. The lowest BCUT2D eigenvalue weighted by Gasteiger charge is -2.33. The molecule has 0 spiro atoms. The van der Waals surface area contributed by atoms with E-state index in [0.717, 1.165) is 25.2 Å². The van der Waals surface area contributed by atoms with Crippen molar-refractivity contribution in [2.45, 2.75) is 19.6 Å². The van der Waals surface area contributed by atoms with Crippen LogP contribution < -0.4 is 14.8 Å². The lowest BCUT2D eigenvalue weighted by atomic mass is 10.1. The summed E-state index contributed by atoms with van der Waals surface area (Å²) in [5.74, 6) is 0.847. The summed E-state index contributed by atoms with van der Waals surface area (Å²) in [6.45, 7) is 6.05. The number of hydrogen-bond donors (Lipinski definition) is 1. The third kappa shape index (κ3) is 6.99. The van der Waals surface area contributed by atoms with Crippen molar-refractivity contribution in [1.82, 2.24) is 10.2 Å². The summed E-state index contributed by atoms with van der Waals surface area (Å²) in [4.78, 5) is 14.6. The van der Waals surface area contributed by atoms with Gasteiger partial charge in [-0.3, -0.25) is 9.69 Å². The summed E-state index contributed by atoms with van der Waals surface area (Å²) in [6.07, 6.45) is 3.15. The van der Waals surface area contributed by atoms with E-state index < -0.39 is 0 Å². The highest BCUT2D eigenvalue weighted by Crippen LogP contribution is 2.36. The fraction of sp³-hybridized carbons (Fsp3) is 0.375. The second-order valence-corrected chi connectivity index (χ2v) is 7.67. The Bertz CT molecular complexity index is 889. The molecular formula is C24H29ClN2O4. The highest BCUT2D eigenvalue weighted by molar-refractivity contribution is 6.32. The van der Waals surface area contributed by atoms with Crippen molar-refractivity contribution in [2.24, 2.45) is 0 Å². The van der Waals surface area contributed by atoms with Crippen molar-refractivity contribution in [3.8, 4) is 11.5 Å². The topological polar surface area (TPSA) is 60.0 Å². The molecular weight excluding hydrogens is 416 g/mol. The van der Waals surface area contributed by atoms with Crippen molar-refractivity contribution < 1.29 is 19.0 Å². The van der Waals surface area contributed by atoms with Crippen molar-refractivity contribution >= 4 is 23.6 Å². The molecule has 3 rings (SSSR count). The molecule has 1 heterocycles. The Morgan fingerprint density at radius 1 is 1.32 bits per heavy atom. The van der Waals surface area contributed by atoms with Gasteiger partial charge in [0.25, 0.3) is 0 Å². The summed E-state index contributed by atoms with van der Waals surface area (Å²) in [5, 5.41) is 3.35. The molecule has 0 aliphatic carbocycles. The standard InChI is InChI=1S/C24H29ClN2O4/c1-3-30-22-14-19(13-21(25)24(22)29-2)9-10-23(28)26-15-20-17-27(11-12-31-20)16-18-7-5-4-6-8-18/h4-10,13-14,20H,3,11-12,15-17H2,1-2H3,(H,26,28)/b10-9+. The van der Waals surface area contributed by atoms with Crippen LogP contribution in [0.4, 0.5) is 0 Å². The molecule has 1 amide bonds.